The lowest BCUT2D eigenvalue weighted by molar-refractivity contribution is 0.472. The summed E-state index contributed by atoms with van der Waals surface area (Å²) in [6.45, 7) is 1.76. The second-order valence-corrected chi connectivity index (χ2v) is 5.27. The highest BCUT2D eigenvalue weighted by Gasteiger charge is 2.20. The van der Waals surface area contributed by atoms with Gasteiger partial charge in [-0.25, -0.2) is 14.0 Å². The summed E-state index contributed by atoms with van der Waals surface area (Å²) in [6, 6.07) is 7.79. The van der Waals surface area contributed by atoms with Crippen LogP contribution in [0.25, 0.3) is 5.69 Å². The Bertz CT molecular complexity index is 595. The van der Waals surface area contributed by atoms with Gasteiger partial charge < -0.3 is 5.32 Å². The molecule has 2 heterocycles. The molecule has 1 unspecified atom stereocenters. The molecule has 3 rings (SSSR count). The Morgan fingerprint density at radius 2 is 2.11 bits per heavy atom. The van der Waals surface area contributed by atoms with Crippen LogP contribution >= 0.6 is 15.9 Å². The number of hydrogen-bond acceptors (Lipinski definition) is 3. The fourth-order valence-electron chi connectivity index (χ4n) is 2.19. The minimum Gasteiger partial charge on any atom is -0.315 e. The van der Waals surface area contributed by atoms with E-state index < -0.39 is 0 Å². The predicted octanol–water partition coefficient (Wildman–Crippen LogP) is 1.33. The molecule has 18 heavy (non-hydrogen) atoms. The Morgan fingerprint density at radius 3 is 2.78 bits per heavy atom. The minimum atomic E-state index is -0.0778. The number of rotatable bonds is 2. The van der Waals surface area contributed by atoms with Gasteiger partial charge in [0.05, 0.1) is 11.7 Å². The van der Waals surface area contributed by atoms with Crippen molar-refractivity contribution >= 4 is 15.9 Å². The summed E-state index contributed by atoms with van der Waals surface area (Å²) >= 11 is 3.38. The normalized spacial score (nSPS) is 19.3. The largest absolute Gasteiger partial charge is 0.350 e. The van der Waals surface area contributed by atoms with E-state index in [9.17, 15) is 4.79 Å². The molecule has 1 aromatic carbocycles. The van der Waals surface area contributed by atoms with Crippen LogP contribution in [-0.4, -0.2) is 27.4 Å². The van der Waals surface area contributed by atoms with Crippen LogP contribution in [-0.2, 0) is 0 Å². The Hall–Kier alpha value is -1.40. The lowest BCUT2D eigenvalue weighted by Crippen LogP contribution is -2.28. The molecule has 0 spiro atoms. The molecule has 5 nitrogen and oxygen atoms in total. The maximum absolute atomic E-state index is 12.3. The van der Waals surface area contributed by atoms with Gasteiger partial charge in [-0.15, -0.1) is 0 Å². The quantitative estimate of drug-likeness (QED) is 0.910. The van der Waals surface area contributed by atoms with Gasteiger partial charge in [0, 0.05) is 11.0 Å². The van der Waals surface area contributed by atoms with Crippen LogP contribution in [0.15, 0.2) is 39.9 Å². The van der Waals surface area contributed by atoms with E-state index in [4.69, 9.17) is 0 Å². The third kappa shape index (κ3) is 2.02. The molecule has 1 aromatic heterocycles. The Balaban J connectivity index is 1.98. The van der Waals surface area contributed by atoms with Crippen molar-refractivity contribution in [2.24, 2.45) is 0 Å². The molecule has 0 saturated carbocycles. The molecule has 2 aromatic rings. The highest BCUT2D eigenvalue weighted by molar-refractivity contribution is 9.10. The first kappa shape index (κ1) is 11.7. The number of nitrogens with zero attached hydrogens (tertiary/aromatic N) is 3. The van der Waals surface area contributed by atoms with Crippen molar-refractivity contribution in [3.8, 4) is 5.69 Å². The van der Waals surface area contributed by atoms with E-state index >= 15 is 0 Å². The molecular formula is C12H13BrN4O. The SMILES string of the molecule is O=c1n(-c2ccc(Br)cc2)cnn1C1CCNC1. The molecule has 94 valence electrons. The van der Waals surface area contributed by atoms with Gasteiger partial charge in [0.15, 0.2) is 0 Å². The van der Waals surface area contributed by atoms with Crippen LogP contribution in [0.3, 0.4) is 0 Å². The Labute approximate surface area is 113 Å². The molecule has 1 saturated heterocycles. The van der Waals surface area contributed by atoms with Gasteiger partial charge in [-0.1, -0.05) is 15.9 Å². The summed E-state index contributed by atoms with van der Waals surface area (Å²) in [5, 5.41) is 7.45. The van der Waals surface area contributed by atoms with Crippen LogP contribution in [0.1, 0.15) is 12.5 Å². The van der Waals surface area contributed by atoms with E-state index in [1.807, 2.05) is 24.3 Å². The zero-order valence-corrected chi connectivity index (χ0v) is 11.3. The lowest BCUT2D eigenvalue weighted by atomic mass is 10.3. The molecule has 1 N–H and O–H groups in total. The van der Waals surface area contributed by atoms with Crippen LogP contribution in [0.2, 0.25) is 0 Å². The predicted molar refractivity (Wildman–Crippen MR) is 72.0 cm³/mol. The maximum Gasteiger partial charge on any atom is 0.350 e. The van der Waals surface area contributed by atoms with Crippen LogP contribution in [0, 0.1) is 0 Å². The van der Waals surface area contributed by atoms with Crippen LogP contribution in [0.4, 0.5) is 0 Å². The Kier molecular flexibility index (Phi) is 3.05. The fourth-order valence-corrected chi connectivity index (χ4v) is 2.46. The van der Waals surface area contributed by atoms with Gasteiger partial charge in [0.1, 0.15) is 6.33 Å². The molecular weight excluding hydrogens is 296 g/mol. The third-order valence-electron chi connectivity index (χ3n) is 3.18. The molecule has 1 fully saturated rings. The topological polar surface area (TPSA) is 51.9 Å². The first-order valence-corrected chi connectivity index (χ1v) is 6.68. The van der Waals surface area contributed by atoms with Crippen molar-refractivity contribution in [1.29, 1.82) is 0 Å². The van der Waals surface area contributed by atoms with E-state index in [1.54, 1.807) is 15.6 Å². The number of nitrogens with one attached hydrogen (secondary N) is 1. The summed E-state index contributed by atoms with van der Waals surface area (Å²) in [5.74, 6) is 0. The number of halogens is 1. The highest BCUT2D eigenvalue weighted by Crippen LogP contribution is 2.14. The van der Waals surface area contributed by atoms with Crippen molar-refractivity contribution in [1.82, 2.24) is 19.7 Å². The van der Waals surface area contributed by atoms with Gasteiger partial charge in [-0.05, 0) is 37.2 Å². The van der Waals surface area contributed by atoms with E-state index in [1.165, 1.54) is 0 Å². The smallest absolute Gasteiger partial charge is 0.315 e. The van der Waals surface area contributed by atoms with Crippen molar-refractivity contribution in [3.63, 3.8) is 0 Å². The van der Waals surface area contributed by atoms with Gasteiger partial charge in [0.25, 0.3) is 0 Å². The zero-order chi connectivity index (χ0) is 12.5. The molecule has 0 radical (unpaired) electrons. The van der Waals surface area contributed by atoms with Gasteiger partial charge in [-0.3, -0.25) is 0 Å². The average Bonchev–Trinajstić information content (AvgIpc) is 2.99. The van der Waals surface area contributed by atoms with Crippen molar-refractivity contribution in [2.45, 2.75) is 12.5 Å². The highest BCUT2D eigenvalue weighted by atomic mass is 79.9. The van der Waals surface area contributed by atoms with Crippen LogP contribution in [0.5, 0.6) is 0 Å². The maximum atomic E-state index is 12.3. The van der Waals surface area contributed by atoms with Gasteiger partial charge in [-0.2, -0.15) is 5.10 Å². The van der Waals surface area contributed by atoms with Crippen molar-refractivity contribution < 1.29 is 0 Å². The Morgan fingerprint density at radius 1 is 1.33 bits per heavy atom. The van der Waals surface area contributed by atoms with Gasteiger partial charge in [0.2, 0.25) is 0 Å². The van der Waals surface area contributed by atoms with E-state index in [0.717, 1.165) is 29.7 Å². The monoisotopic (exact) mass is 308 g/mol. The van der Waals surface area contributed by atoms with Crippen molar-refractivity contribution in [2.75, 3.05) is 13.1 Å². The fraction of sp³-hybridized carbons (Fsp3) is 0.333. The second kappa shape index (κ2) is 4.70. The summed E-state index contributed by atoms with van der Waals surface area (Å²) in [6.07, 6.45) is 2.54. The molecule has 6 heteroatoms. The summed E-state index contributed by atoms with van der Waals surface area (Å²) in [7, 11) is 0. The molecule has 0 amide bonds. The molecule has 1 aliphatic heterocycles. The number of aromatic nitrogens is 3. The molecule has 0 aliphatic carbocycles. The second-order valence-electron chi connectivity index (χ2n) is 4.35. The zero-order valence-electron chi connectivity index (χ0n) is 9.71. The first-order chi connectivity index (χ1) is 8.75. The third-order valence-corrected chi connectivity index (χ3v) is 3.71. The minimum absolute atomic E-state index is 0.0778. The summed E-state index contributed by atoms with van der Waals surface area (Å²) < 4.78 is 4.14. The summed E-state index contributed by atoms with van der Waals surface area (Å²) in [5.41, 5.74) is 0.756. The molecule has 0 bridgehead atoms. The lowest BCUT2D eigenvalue weighted by Gasteiger charge is -2.06. The van der Waals surface area contributed by atoms with Crippen molar-refractivity contribution in [3.05, 3.63) is 45.5 Å². The number of benzene rings is 1. The standard InChI is InChI=1S/C12H13BrN4O/c13-9-1-3-10(4-2-9)16-8-15-17(12(16)18)11-5-6-14-7-11/h1-4,8,11,14H,5-7H2. The molecule has 1 atom stereocenters. The molecule has 1 aliphatic rings. The average molecular weight is 309 g/mol. The number of hydrogen-bond donors (Lipinski definition) is 1. The van der Waals surface area contributed by atoms with Gasteiger partial charge >= 0.3 is 5.69 Å². The van der Waals surface area contributed by atoms with E-state index in [-0.39, 0.29) is 11.7 Å². The first-order valence-electron chi connectivity index (χ1n) is 5.88. The van der Waals surface area contributed by atoms with Crippen LogP contribution < -0.4 is 11.0 Å². The summed E-state index contributed by atoms with van der Waals surface area (Å²) in [4.78, 5) is 12.3. The van der Waals surface area contributed by atoms with E-state index in [2.05, 4.69) is 26.3 Å². The van der Waals surface area contributed by atoms with E-state index in [0.29, 0.717) is 0 Å².